The molecule has 0 saturated carbocycles. The number of rotatable bonds is 12. The minimum Gasteiger partial charge on any atom is -0.475 e. The van der Waals surface area contributed by atoms with Gasteiger partial charge < -0.3 is 19.5 Å². The molecule has 1 atom stereocenters. The molecule has 206 valence electrons. The van der Waals surface area contributed by atoms with Crippen molar-refractivity contribution in [2.45, 2.75) is 64.8 Å². The Kier molecular flexibility index (Phi) is 12.9. The fraction of sp³-hybridized carbons (Fsp3) is 0.692. The van der Waals surface area contributed by atoms with Gasteiger partial charge in [0.05, 0.1) is 36.7 Å². The topological polar surface area (TPSA) is 96.7 Å². The monoisotopic (exact) mass is 550 g/mol. The second kappa shape index (κ2) is 16.1. The van der Waals surface area contributed by atoms with Gasteiger partial charge in [0.15, 0.2) is 0 Å². The summed E-state index contributed by atoms with van der Waals surface area (Å²) in [6, 6.07) is 0.601. The Hall–Kier alpha value is -1.92. The lowest BCUT2D eigenvalue weighted by atomic mass is 10.0. The van der Waals surface area contributed by atoms with E-state index < -0.39 is 0 Å². The van der Waals surface area contributed by atoms with Gasteiger partial charge in [-0.15, -0.1) is 8.75 Å². The van der Waals surface area contributed by atoms with E-state index >= 15 is 0 Å². The second-order valence-electron chi connectivity index (χ2n) is 9.66. The molecule has 0 spiro atoms. The van der Waals surface area contributed by atoms with Crippen molar-refractivity contribution in [1.82, 2.24) is 27.3 Å². The number of ether oxygens (including phenoxy) is 2. The summed E-state index contributed by atoms with van der Waals surface area (Å²) in [5.74, 6) is 1.32. The number of aliphatic hydroxyl groups excluding tert-OH is 1. The summed E-state index contributed by atoms with van der Waals surface area (Å²) in [5.41, 5.74) is 4.25. The van der Waals surface area contributed by atoms with Crippen LogP contribution in [0.3, 0.4) is 0 Å². The third-order valence-electron chi connectivity index (χ3n) is 6.52. The highest BCUT2D eigenvalue weighted by molar-refractivity contribution is 6.99. The zero-order chi connectivity index (χ0) is 26.5. The molecule has 37 heavy (non-hydrogen) atoms. The third kappa shape index (κ3) is 9.40. The molecule has 2 aliphatic rings. The second-order valence-corrected chi connectivity index (χ2v) is 10.7. The minimum absolute atomic E-state index is 0.137. The molecule has 0 aromatic carbocycles. The van der Waals surface area contributed by atoms with Crippen molar-refractivity contribution in [3.8, 4) is 11.8 Å². The van der Waals surface area contributed by atoms with E-state index in [1.165, 1.54) is 53.9 Å². The lowest BCUT2D eigenvalue weighted by Gasteiger charge is -2.29. The smallest absolute Gasteiger partial charge is 0.253 e. The molecule has 1 N–H and O–H groups in total. The van der Waals surface area contributed by atoms with Crippen LogP contribution in [0, 0.1) is 0 Å². The summed E-state index contributed by atoms with van der Waals surface area (Å²) in [6.07, 6.45) is 12.1. The van der Waals surface area contributed by atoms with E-state index in [4.69, 9.17) is 14.6 Å². The first-order valence-corrected chi connectivity index (χ1v) is 14.8. The van der Waals surface area contributed by atoms with Crippen LogP contribution in [-0.4, -0.2) is 92.0 Å². The van der Waals surface area contributed by atoms with Gasteiger partial charge in [-0.05, 0) is 51.4 Å². The summed E-state index contributed by atoms with van der Waals surface area (Å²) in [4.78, 5) is 4.60. The van der Waals surface area contributed by atoms with E-state index in [1.807, 2.05) is 0 Å². The van der Waals surface area contributed by atoms with E-state index in [-0.39, 0.29) is 6.61 Å². The van der Waals surface area contributed by atoms with Crippen molar-refractivity contribution >= 4 is 34.6 Å². The number of hydrogen-bond acceptors (Lipinski definition) is 11. The van der Waals surface area contributed by atoms with E-state index in [0.717, 1.165) is 62.8 Å². The average Bonchev–Trinajstić information content (AvgIpc) is 3.56. The lowest BCUT2D eigenvalue weighted by Crippen LogP contribution is -2.33. The maximum atomic E-state index is 8.72. The van der Waals surface area contributed by atoms with E-state index in [9.17, 15) is 0 Å². The first-order chi connectivity index (χ1) is 18.0. The summed E-state index contributed by atoms with van der Waals surface area (Å²) in [6.45, 7) is 8.74. The predicted octanol–water partition coefficient (Wildman–Crippen LogP) is 4.62. The fourth-order valence-corrected chi connectivity index (χ4v) is 5.15. The fourth-order valence-electron chi connectivity index (χ4n) is 4.09. The highest BCUT2D eigenvalue weighted by atomic mass is 32.1. The number of nitrogens with zero attached hydrogens (tertiary/aromatic N) is 6. The van der Waals surface area contributed by atoms with Crippen LogP contribution in [0.4, 0.5) is 0 Å². The Bertz CT molecular complexity index is 993. The number of likely N-dealkylation sites (N-methyl/N-ethyl adjacent to an activating group) is 2. The number of unbranched alkanes of at least 4 members (excludes halogenated alkanes) is 3. The third-order valence-corrected chi connectivity index (χ3v) is 7.55. The van der Waals surface area contributed by atoms with E-state index in [0.29, 0.717) is 24.9 Å². The van der Waals surface area contributed by atoms with Gasteiger partial charge in [-0.2, -0.15) is 8.75 Å². The molecular formula is C26H42N6O3S2. The molecule has 0 saturated heterocycles. The molecule has 2 aromatic heterocycles. The van der Waals surface area contributed by atoms with Crippen LogP contribution in [0.25, 0.3) is 11.1 Å². The molecule has 2 aliphatic heterocycles. The number of aromatic nitrogens is 4. The van der Waals surface area contributed by atoms with Crippen molar-refractivity contribution in [3.05, 3.63) is 23.5 Å². The maximum absolute atomic E-state index is 8.72. The normalized spacial score (nSPS) is 18.6. The van der Waals surface area contributed by atoms with Gasteiger partial charge in [-0.25, -0.2) is 0 Å². The van der Waals surface area contributed by atoms with Crippen LogP contribution in [0.15, 0.2) is 12.2 Å². The first-order valence-electron chi connectivity index (χ1n) is 13.3. The molecule has 4 rings (SSSR count). The van der Waals surface area contributed by atoms with Crippen LogP contribution < -0.4 is 9.47 Å². The zero-order valence-corrected chi connectivity index (χ0v) is 24.3. The number of hydrogen-bond donors (Lipinski definition) is 1. The van der Waals surface area contributed by atoms with Gasteiger partial charge in [0, 0.05) is 38.7 Å². The molecule has 1 unspecified atom stereocenters. The Morgan fingerprint density at radius 2 is 1.54 bits per heavy atom. The maximum Gasteiger partial charge on any atom is 0.253 e. The predicted molar refractivity (Wildman–Crippen MR) is 151 cm³/mol. The largest absolute Gasteiger partial charge is 0.475 e. The summed E-state index contributed by atoms with van der Waals surface area (Å²) in [5, 5.41) is 8.72. The van der Waals surface area contributed by atoms with Gasteiger partial charge in [-0.3, -0.25) is 4.90 Å². The standard InChI is InChI=1S/C15H25N3OS.C11H17N3O2S/c1-4-5-6-7-10-19-15-14(16-20-17-15)13-9-8-12(2)18(3)11-13;1-14-5-2-4-9(8-14)10-11(13-17-12-10)16-7-3-6-15/h9,12H,4-8,10-11H2,1-3H3;4,15H,2-3,5-8H2,1H3. The average molecular weight is 551 g/mol. The molecule has 0 radical (unpaired) electrons. The molecule has 0 bridgehead atoms. The number of aliphatic hydroxyl groups is 1. The van der Waals surface area contributed by atoms with Crippen molar-refractivity contribution in [2.75, 3.05) is 53.6 Å². The van der Waals surface area contributed by atoms with Gasteiger partial charge in [0.1, 0.15) is 11.4 Å². The van der Waals surface area contributed by atoms with Gasteiger partial charge in [0.2, 0.25) is 0 Å². The highest BCUT2D eigenvalue weighted by Crippen LogP contribution is 2.29. The lowest BCUT2D eigenvalue weighted by molar-refractivity contribution is 0.229. The van der Waals surface area contributed by atoms with Crippen LogP contribution in [0.2, 0.25) is 0 Å². The Balaban J connectivity index is 0.000000208. The van der Waals surface area contributed by atoms with Gasteiger partial charge >= 0.3 is 0 Å². The first kappa shape index (κ1) is 29.6. The van der Waals surface area contributed by atoms with Crippen molar-refractivity contribution in [2.24, 2.45) is 0 Å². The molecule has 0 amide bonds. The molecule has 11 heteroatoms. The summed E-state index contributed by atoms with van der Waals surface area (Å²) in [7, 11) is 4.25. The van der Waals surface area contributed by atoms with Crippen LogP contribution in [0.5, 0.6) is 11.8 Å². The quantitative estimate of drug-likeness (QED) is 0.380. The minimum atomic E-state index is 0.137. The zero-order valence-electron chi connectivity index (χ0n) is 22.7. The summed E-state index contributed by atoms with van der Waals surface area (Å²) >= 11 is 2.42. The molecular weight excluding hydrogens is 508 g/mol. The Morgan fingerprint density at radius 3 is 2.14 bits per heavy atom. The van der Waals surface area contributed by atoms with Crippen molar-refractivity contribution in [3.63, 3.8) is 0 Å². The van der Waals surface area contributed by atoms with E-state index in [2.05, 4.69) is 67.4 Å². The van der Waals surface area contributed by atoms with Crippen molar-refractivity contribution < 1.29 is 14.6 Å². The molecule has 4 heterocycles. The van der Waals surface area contributed by atoms with Crippen molar-refractivity contribution in [1.29, 1.82) is 0 Å². The Labute approximate surface area is 229 Å². The van der Waals surface area contributed by atoms with E-state index in [1.54, 1.807) is 0 Å². The SMILES string of the molecule is CCCCCCOc1nsnc1C1=CCC(C)N(C)C1.CN1CCC=C(c2nsnc2OCCCO)C1. The molecule has 2 aromatic rings. The van der Waals surface area contributed by atoms with Gasteiger partial charge in [0.25, 0.3) is 11.8 Å². The van der Waals surface area contributed by atoms with Crippen LogP contribution >= 0.6 is 23.5 Å². The van der Waals surface area contributed by atoms with Gasteiger partial charge in [-0.1, -0.05) is 38.3 Å². The highest BCUT2D eigenvalue weighted by Gasteiger charge is 2.22. The Morgan fingerprint density at radius 1 is 0.892 bits per heavy atom. The molecule has 9 nitrogen and oxygen atoms in total. The van der Waals surface area contributed by atoms with Crippen LogP contribution in [0.1, 0.15) is 70.2 Å². The molecule has 0 aliphatic carbocycles. The molecule has 0 fully saturated rings. The summed E-state index contributed by atoms with van der Waals surface area (Å²) < 4.78 is 28.5. The van der Waals surface area contributed by atoms with Crippen LogP contribution in [-0.2, 0) is 0 Å².